The van der Waals surface area contributed by atoms with Gasteiger partial charge in [-0.25, -0.2) is 4.39 Å². The van der Waals surface area contributed by atoms with Gasteiger partial charge in [0.1, 0.15) is 5.82 Å². The van der Waals surface area contributed by atoms with Crippen molar-refractivity contribution in [3.05, 3.63) is 28.5 Å². The molecule has 0 amide bonds. The summed E-state index contributed by atoms with van der Waals surface area (Å²) in [5, 5.41) is 0. The molecule has 0 heterocycles. The monoisotopic (exact) mass is 322 g/mol. The zero-order valence-electron chi connectivity index (χ0n) is 9.91. The second kappa shape index (κ2) is 8.08. The van der Waals surface area contributed by atoms with Crippen LogP contribution in [0.4, 0.5) is 4.39 Å². The molecule has 0 radical (unpaired) electrons. The summed E-state index contributed by atoms with van der Waals surface area (Å²) in [4.78, 5) is 0.856. The molecule has 0 bridgehead atoms. The average Bonchev–Trinajstić information content (AvgIpc) is 2.30. The number of benzene rings is 1. The van der Waals surface area contributed by atoms with Gasteiger partial charge < -0.3 is 9.47 Å². The summed E-state index contributed by atoms with van der Waals surface area (Å²) < 4.78 is 24.8. The maximum absolute atomic E-state index is 13.1. The Morgan fingerprint density at radius 3 is 2.53 bits per heavy atom. The van der Waals surface area contributed by atoms with Gasteiger partial charge in [0, 0.05) is 28.3 Å². The van der Waals surface area contributed by atoms with E-state index in [9.17, 15) is 4.39 Å². The minimum absolute atomic E-state index is 0.236. The Morgan fingerprint density at radius 2 is 1.94 bits per heavy atom. The highest BCUT2D eigenvalue weighted by Gasteiger charge is 2.10. The summed E-state index contributed by atoms with van der Waals surface area (Å²) in [6.45, 7) is 5.06. The summed E-state index contributed by atoms with van der Waals surface area (Å²) in [5.74, 6) is 0.407. The van der Waals surface area contributed by atoms with Crippen LogP contribution in [0.1, 0.15) is 13.8 Å². The quantitative estimate of drug-likeness (QED) is 0.556. The van der Waals surface area contributed by atoms with Gasteiger partial charge in [-0.1, -0.05) is 0 Å². The van der Waals surface area contributed by atoms with Gasteiger partial charge in [0.15, 0.2) is 6.29 Å². The molecule has 0 aliphatic carbocycles. The molecule has 0 aromatic heterocycles. The maximum atomic E-state index is 13.1. The first-order chi connectivity index (χ1) is 8.17. The second-order valence-corrected chi connectivity index (χ2v) is 5.14. The van der Waals surface area contributed by atoms with Gasteiger partial charge in [0.05, 0.1) is 0 Å². The van der Waals surface area contributed by atoms with Crippen LogP contribution >= 0.6 is 27.7 Å². The minimum Gasteiger partial charge on any atom is -0.352 e. The second-order valence-electron chi connectivity index (χ2n) is 3.23. The van der Waals surface area contributed by atoms with Crippen LogP contribution in [0.25, 0.3) is 0 Å². The van der Waals surface area contributed by atoms with E-state index in [4.69, 9.17) is 9.47 Å². The molecule has 2 nitrogen and oxygen atoms in total. The summed E-state index contributed by atoms with van der Waals surface area (Å²) >= 11 is 4.90. The molecule has 5 heteroatoms. The number of rotatable bonds is 7. The van der Waals surface area contributed by atoms with Gasteiger partial charge in [-0.3, -0.25) is 0 Å². The topological polar surface area (TPSA) is 18.5 Å². The van der Waals surface area contributed by atoms with E-state index in [1.54, 1.807) is 6.07 Å². The number of halogens is 2. The highest BCUT2D eigenvalue weighted by atomic mass is 79.9. The zero-order valence-corrected chi connectivity index (χ0v) is 12.3. The van der Waals surface area contributed by atoms with Gasteiger partial charge in [0.25, 0.3) is 0 Å². The van der Waals surface area contributed by atoms with E-state index < -0.39 is 0 Å². The normalized spacial score (nSPS) is 11.1. The van der Waals surface area contributed by atoms with Crippen LogP contribution in [0.2, 0.25) is 0 Å². The maximum Gasteiger partial charge on any atom is 0.166 e. The molecule has 0 unspecified atom stereocenters. The van der Waals surface area contributed by atoms with Gasteiger partial charge in [0.2, 0.25) is 0 Å². The molecule has 1 aromatic carbocycles. The van der Waals surface area contributed by atoms with Gasteiger partial charge >= 0.3 is 0 Å². The SMILES string of the molecule is CCOC(CSc1cc(F)ccc1Br)OCC. The Kier molecular flexibility index (Phi) is 7.11. The molecular weight excluding hydrogens is 307 g/mol. The molecular formula is C12H16BrFO2S. The molecule has 0 N–H and O–H groups in total. The van der Waals surface area contributed by atoms with E-state index in [1.165, 1.54) is 23.9 Å². The predicted octanol–water partition coefficient (Wildman–Crippen LogP) is 4.08. The van der Waals surface area contributed by atoms with Gasteiger partial charge in [-0.2, -0.15) is 0 Å². The third kappa shape index (κ3) is 5.38. The molecule has 17 heavy (non-hydrogen) atoms. The number of hydrogen-bond acceptors (Lipinski definition) is 3. The highest BCUT2D eigenvalue weighted by Crippen LogP contribution is 2.29. The van der Waals surface area contributed by atoms with Crippen molar-refractivity contribution in [2.45, 2.75) is 25.0 Å². The Balaban J connectivity index is 2.55. The lowest BCUT2D eigenvalue weighted by atomic mass is 10.3. The first-order valence-electron chi connectivity index (χ1n) is 5.48. The van der Waals surface area contributed by atoms with Crippen molar-refractivity contribution in [1.29, 1.82) is 0 Å². The Hall–Kier alpha value is -0.100. The van der Waals surface area contributed by atoms with Crippen LogP contribution in [-0.2, 0) is 9.47 Å². The fraction of sp³-hybridized carbons (Fsp3) is 0.500. The first-order valence-corrected chi connectivity index (χ1v) is 7.26. The number of ether oxygens (including phenoxy) is 2. The van der Waals surface area contributed by atoms with Crippen molar-refractivity contribution in [2.75, 3.05) is 19.0 Å². The van der Waals surface area contributed by atoms with Crippen LogP contribution in [-0.4, -0.2) is 25.3 Å². The summed E-state index contributed by atoms with van der Waals surface area (Å²) in [6.07, 6.45) is -0.245. The van der Waals surface area contributed by atoms with Crippen molar-refractivity contribution >= 4 is 27.7 Å². The lowest BCUT2D eigenvalue weighted by Crippen LogP contribution is -2.19. The fourth-order valence-electron chi connectivity index (χ4n) is 1.26. The highest BCUT2D eigenvalue weighted by molar-refractivity contribution is 9.10. The van der Waals surface area contributed by atoms with Crippen LogP contribution < -0.4 is 0 Å². The van der Waals surface area contributed by atoms with Crippen molar-refractivity contribution in [3.63, 3.8) is 0 Å². The lowest BCUT2D eigenvalue weighted by Gasteiger charge is -2.16. The first kappa shape index (κ1) is 15.0. The fourth-order valence-corrected chi connectivity index (χ4v) is 2.76. The van der Waals surface area contributed by atoms with E-state index in [-0.39, 0.29) is 12.1 Å². The van der Waals surface area contributed by atoms with Gasteiger partial charge in [-0.15, -0.1) is 11.8 Å². The minimum atomic E-state index is -0.245. The largest absolute Gasteiger partial charge is 0.352 e. The van der Waals surface area contributed by atoms with Crippen molar-refractivity contribution in [1.82, 2.24) is 0 Å². The molecule has 1 aromatic rings. The molecule has 0 spiro atoms. The smallest absolute Gasteiger partial charge is 0.166 e. The lowest BCUT2D eigenvalue weighted by molar-refractivity contribution is -0.120. The Bertz CT molecular complexity index is 343. The molecule has 1 rings (SSSR count). The van der Waals surface area contributed by atoms with E-state index in [0.717, 1.165) is 9.37 Å². The average molecular weight is 323 g/mol. The van der Waals surface area contributed by atoms with Crippen molar-refractivity contribution in [2.24, 2.45) is 0 Å². The predicted molar refractivity (Wildman–Crippen MR) is 71.9 cm³/mol. The molecule has 0 saturated carbocycles. The summed E-state index contributed by atoms with van der Waals surface area (Å²) in [5.41, 5.74) is 0. The Morgan fingerprint density at radius 1 is 1.29 bits per heavy atom. The number of hydrogen-bond donors (Lipinski definition) is 0. The van der Waals surface area contributed by atoms with Gasteiger partial charge in [-0.05, 0) is 48.0 Å². The zero-order chi connectivity index (χ0) is 12.7. The Labute approximate surface area is 114 Å². The molecule has 0 aliphatic heterocycles. The van der Waals surface area contributed by atoms with E-state index in [1.807, 2.05) is 13.8 Å². The van der Waals surface area contributed by atoms with Crippen LogP contribution in [0.15, 0.2) is 27.6 Å². The van der Waals surface area contributed by atoms with Crippen LogP contribution in [0.5, 0.6) is 0 Å². The summed E-state index contributed by atoms with van der Waals surface area (Å²) in [6, 6.07) is 4.63. The van der Waals surface area contributed by atoms with Crippen molar-refractivity contribution < 1.29 is 13.9 Å². The van der Waals surface area contributed by atoms with Crippen molar-refractivity contribution in [3.8, 4) is 0 Å². The standard InChI is InChI=1S/C12H16BrFO2S/c1-3-15-12(16-4-2)8-17-11-7-9(14)5-6-10(11)13/h5-7,12H,3-4,8H2,1-2H3. The number of thioether (sulfide) groups is 1. The van der Waals surface area contributed by atoms with E-state index in [0.29, 0.717) is 19.0 Å². The molecule has 0 saturated heterocycles. The third-order valence-electron chi connectivity index (χ3n) is 1.97. The van der Waals surface area contributed by atoms with Crippen LogP contribution in [0, 0.1) is 5.82 Å². The van der Waals surface area contributed by atoms with Crippen LogP contribution in [0.3, 0.4) is 0 Å². The van der Waals surface area contributed by atoms with E-state index in [2.05, 4.69) is 15.9 Å². The molecule has 0 atom stereocenters. The molecule has 0 aliphatic rings. The molecule has 96 valence electrons. The summed E-state index contributed by atoms with van der Waals surface area (Å²) in [7, 11) is 0. The molecule has 0 fully saturated rings. The van der Waals surface area contributed by atoms with E-state index >= 15 is 0 Å². The third-order valence-corrected chi connectivity index (χ3v) is 4.01.